The van der Waals surface area contributed by atoms with Crippen LogP contribution in [0.25, 0.3) is 0 Å². The number of aromatic nitrogens is 5. The molecule has 3 aromatic rings. The lowest BCUT2D eigenvalue weighted by Crippen LogP contribution is -2.14. The van der Waals surface area contributed by atoms with Gasteiger partial charge in [0.1, 0.15) is 15.8 Å². The van der Waals surface area contributed by atoms with E-state index in [1.807, 2.05) is 20.0 Å². The van der Waals surface area contributed by atoms with Crippen LogP contribution in [0.3, 0.4) is 0 Å². The SMILES string of the molecule is CCOC(=O)c1nc(NCc2nnc(C)s2)cc(OC[C@@H]2C[C@H]2c2ccc(C)cn2)n1. The predicted molar refractivity (Wildman–Crippen MR) is 115 cm³/mol. The summed E-state index contributed by atoms with van der Waals surface area (Å²) in [5, 5.41) is 12.9. The van der Waals surface area contributed by atoms with Gasteiger partial charge in [0.05, 0.1) is 19.8 Å². The topological polar surface area (TPSA) is 112 Å². The van der Waals surface area contributed by atoms with Crippen molar-refractivity contribution in [1.82, 2.24) is 25.1 Å². The minimum atomic E-state index is -0.587. The molecule has 0 radical (unpaired) electrons. The molecule has 3 heterocycles. The smallest absolute Gasteiger partial charge is 0.376 e. The van der Waals surface area contributed by atoms with Crippen LogP contribution in [-0.4, -0.2) is 44.3 Å². The number of carbonyl (C=O) groups is 1. The Balaban J connectivity index is 1.42. The summed E-state index contributed by atoms with van der Waals surface area (Å²) in [6, 6.07) is 5.82. The molecule has 2 atom stereocenters. The van der Waals surface area contributed by atoms with Crippen molar-refractivity contribution >= 4 is 23.1 Å². The molecule has 0 bridgehead atoms. The number of nitrogens with one attached hydrogen (secondary N) is 1. The number of esters is 1. The van der Waals surface area contributed by atoms with Crippen LogP contribution >= 0.6 is 11.3 Å². The second kappa shape index (κ2) is 9.34. The lowest BCUT2D eigenvalue weighted by molar-refractivity contribution is 0.0510. The van der Waals surface area contributed by atoms with Gasteiger partial charge in [-0.3, -0.25) is 4.98 Å². The Bertz CT molecular complexity index is 1060. The summed E-state index contributed by atoms with van der Waals surface area (Å²) in [4.78, 5) is 25.2. The fourth-order valence-corrected chi connectivity index (χ4v) is 3.79. The van der Waals surface area contributed by atoms with Crippen LogP contribution in [0.2, 0.25) is 0 Å². The maximum Gasteiger partial charge on any atom is 0.376 e. The monoisotopic (exact) mass is 440 g/mol. The van der Waals surface area contributed by atoms with Gasteiger partial charge in [-0.05, 0) is 38.8 Å². The summed E-state index contributed by atoms with van der Waals surface area (Å²) in [5.41, 5.74) is 2.23. The second-order valence-corrected chi connectivity index (χ2v) is 8.64. The number of anilines is 1. The van der Waals surface area contributed by atoms with Crippen LogP contribution in [-0.2, 0) is 11.3 Å². The summed E-state index contributed by atoms with van der Waals surface area (Å²) in [6.45, 7) is 6.84. The third-order valence-electron chi connectivity index (χ3n) is 4.83. The molecule has 9 nitrogen and oxygen atoms in total. The zero-order valence-corrected chi connectivity index (χ0v) is 18.5. The highest BCUT2D eigenvalue weighted by molar-refractivity contribution is 7.11. The first kappa shape index (κ1) is 21.1. The fourth-order valence-electron chi connectivity index (χ4n) is 3.14. The normalized spacial score (nSPS) is 17.3. The van der Waals surface area contributed by atoms with E-state index in [2.05, 4.69) is 42.6 Å². The molecule has 1 aliphatic carbocycles. The molecule has 1 fully saturated rings. The van der Waals surface area contributed by atoms with E-state index < -0.39 is 5.97 Å². The summed E-state index contributed by atoms with van der Waals surface area (Å²) < 4.78 is 11.0. The number of hydrogen-bond acceptors (Lipinski definition) is 10. The Labute approximate surface area is 184 Å². The molecule has 0 amide bonds. The molecule has 1 saturated carbocycles. The van der Waals surface area contributed by atoms with Gasteiger partial charge < -0.3 is 14.8 Å². The van der Waals surface area contributed by atoms with Gasteiger partial charge in [-0.25, -0.2) is 9.78 Å². The fraction of sp³-hybridized carbons (Fsp3) is 0.429. The molecule has 162 valence electrons. The Hall–Kier alpha value is -3.14. The zero-order chi connectivity index (χ0) is 21.8. The molecule has 3 aromatic heterocycles. The lowest BCUT2D eigenvalue weighted by atomic mass is 10.2. The van der Waals surface area contributed by atoms with E-state index in [-0.39, 0.29) is 12.4 Å². The first-order valence-corrected chi connectivity index (χ1v) is 11.0. The Morgan fingerprint density at radius 2 is 2.13 bits per heavy atom. The lowest BCUT2D eigenvalue weighted by Gasteiger charge is -2.10. The minimum Gasteiger partial charge on any atom is -0.477 e. The van der Waals surface area contributed by atoms with Crippen LogP contribution in [0.15, 0.2) is 24.4 Å². The van der Waals surface area contributed by atoms with Crippen molar-refractivity contribution in [2.45, 2.75) is 39.7 Å². The maximum absolute atomic E-state index is 12.2. The molecular formula is C21H24N6O3S. The molecule has 31 heavy (non-hydrogen) atoms. The van der Waals surface area contributed by atoms with Crippen molar-refractivity contribution in [3.63, 3.8) is 0 Å². The van der Waals surface area contributed by atoms with E-state index in [0.717, 1.165) is 27.7 Å². The molecule has 0 spiro atoms. The molecule has 0 aliphatic heterocycles. The van der Waals surface area contributed by atoms with Crippen LogP contribution < -0.4 is 10.1 Å². The van der Waals surface area contributed by atoms with Crippen molar-refractivity contribution in [1.29, 1.82) is 0 Å². The van der Waals surface area contributed by atoms with Gasteiger partial charge in [-0.15, -0.1) is 10.2 Å². The summed E-state index contributed by atoms with van der Waals surface area (Å²) in [7, 11) is 0. The van der Waals surface area contributed by atoms with E-state index in [1.54, 1.807) is 13.0 Å². The number of rotatable bonds is 9. The van der Waals surface area contributed by atoms with E-state index in [0.29, 0.717) is 36.7 Å². The number of hydrogen-bond donors (Lipinski definition) is 1. The average molecular weight is 441 g/mol. The quantitative estimate of drug-likeness (QED) is 0.501. The molecule has 0 unspecified atom stereocenters. The van der Waals surface area contributed by atoms with Crippen LogP contribution in [0.5, 0.6) is 5.88 Å². The highest BCUT2D eigenvalue weighted by Gasteiger charge is 2.40. The average Bonchev–Trinajstić information content (AvgIpc) is 3.42. The van der Waals surface area contributed by atoms with Gasteiger partial charge in [0.2, 0.25) is 11.7 Å². The maximum atomic E-state index is 12.2. The van der Waals surface area contributed by atoms with Gasteiger partial charge in [-0.2, -0.15) is 4.98 Å². The summed E-state index contributed by atoms with van der Waals surface area (Å²) in [6.07, 6.45) is 2.91. The van der Waals surface area contributed by atoms with E-state index in [4.69, 9.17) is 9.47 Å². The van der Waals surface area contributed by atoms with Crippen molar-refractivity contribution in [3.8, 4) is 5.88 Å². The van der Waals surface area contributed by atoms with Crippen molar-refractivity contribution in [3.05, 3.63) is 51.5 Å². The van der Waals surface area contributed by atoms with Gasteiger partial charge in [0.15, 0.2) is 0 Å². The molecule has 0 saturated heterocycles. The van der Waals surface area contributed by atoms with Crippen LogP contribution in [0.1, 0.15) is 51.2 Å². The standard InChI is InChI=1S/C21H24N6O3S/c1-4-29-21(28)20-24-17(23-10-19-27-26-13(3)31-19)8-18(25-20)30-11-14-7-15(14)16-6-5-12(2)9-22-16/h5-6,8-9,14-15H,4,7,10-11H2,1-3H3,(H,23,24,25)/t14-,15+/m0/s1. The number of ether oxygens (including phenoxy) is 2. The van der Waals surface area contributed by atoms with Crippen molar-refractivity contribution in [2.75, 3.05) is 18.5 Å². The largest absolute Gasteiger partial charge is 0.477 e. The zero-order valence-electron chi connectivity index (χ0n) is 17.7. The third-order valence-corrected chi connectivity index (χ3v) is 5.67. The highest BCUT2D eigenvalue weighted by Crippen LogP contribution is 2.46. The number of pyridine rings is 1. The second-order valence-electron chi connectivity index (χ2n) is 7.38. The molecular weight excluding hydrogens is 416 g/mol. The Morgan fingerprint density at radius 3 is 2.84 bits per heavy atom. The highest BCUT2D eigenvalue weighted by atomic mass is 32.1. The van der Waals surface area contributed by atoms with E-state index >= 15 is 0 Å². The molecule has 1 N–H and O–H groups in total. The van der Waals surface area contributed by atoms with Crippen LogP contribution in [0, 0.1) is 19.8 Å². The van der Waals surface area contributed by atoms with Gasteiger partial charge in [-0.1, -0.05) is 17.4 Å². The predicted octanol–water partition coefficient (Wildman–Crippen LogP) is 3.31. The van der Waals surface area contributed by atoms with Gasteiger partial charge in [0.25, 0.3) is 0 Å². The van der Waals surface area contributed by atoms with Gasteiger partial charge in [0, 0.05) is 29.8 Å². The molecule has 1 aliphatic rings. The van der Waals surface area contributed by atoms with Gasteiger partial charge >= 0.3 is 5.97 Å². The molecule has 0 aromatic carbocycles. The van der Waals surface area contributed by atoms with Crippen molar-refractivity contribution < 1.29 is 14.3 Å². The summed E-state index contributed by atoms with van der Waals surface area (Å²) in [5.74, 6) is 0.936. The molecule has 10 heteroatoms. The molecule has 4 rings (SSSR count). The van der Waals surface area contributed by atoms with Crippen molar-refractivity contribution in [2.24, 2.45) is 5.92 Å². The first-order chi connectivity index (χ1) is 15.0. The third kappa shape index (κ3) is 5.52. The Morgan fingerprint density at radius 1 is 1.26 bits per heavy atom. The first-order valence-electron chi connectivity index (χ1n) is 10.2. The number of carbonyl (C=O) groups excluding carboxylic acids is 1. The minimum absolute atomic E-state index is 0.0390. The van der Waals surface area contributed by atoms with E-state index in [1.165, 1.54) is 11.3 Å². The Kier molecular flexibility index (Phi) is 6.36. The number of aryl methyl sites for hydroxylation is 2. The summed E-state index contributed by atoms with van der Waals surface area (Å²) >= 11 is 1.49. The van der Waals surface area contributed by atoms with E-state index in [9.17, 15) is 4.79 Å². The number of nitrogens with zero attached hydrogens (tertiary/aromatic N) is 5. The van der Waals surface area contributed by atoms with Crippen LogP contribution in [0.4, 0.5) is 5.82 Å².